The maximum Gasteiger partial charge on any atom is 0.156 e. The normalized spacial score (nSPS) is 10.6. The lowest BCUT2D eigenvalue weighted by Crippen LogP contribution is -2.01. The van der Waals surface area contributed by atoms with Crippen molar-refractivity contribution in [1.29, 1.82) is 0 Å². The Hall–Kier alpha value is -1.20. The van der Waals surface area contributed by atoms with E-state index >= 15 is 0 Å². The van der Waals surface area contributed by atoms with Crippen LogP contribution in [0.2, 0.25) is 0 Å². The minimum absolute atomic E-state index is 0.0108. The number of aliphatic hydroxyl groups excluding tert-OH is 1. The van der Waals surface area contributed by atoms with E-state index in [0.717, 1.165) is 21.4 Å². The molecule has 0 radical (unpaired) electrons. The third kappa shape index (κ3) is 2.08. The lowest BCUT2D eigenvalue weighted by atomic mass is 10.2. The maximum absolute atomic E-state index is 8.96. The van der Waals surface area contributed by atoms with Crippen LogP contribution in [0, 0.1) is 6.92 Å². The van der Waals surface area contributed by atoms with Crippen LogP contribution in [0.1, 0.15) is 11.1 Å². The summed E-state index contributed by atoms with van der Waals surface area (Å²) in [6, 6.07) is 1.90. The summed E-state index contributed by atoms with van der Waals surface area (Å²) in [5, 5.41) is 13.1. The quantitative estimate of drug-likeness (QED) is 0.904. The number of halogens is 1. The number of nitrogens with zero attached hydrogens (tertiary/aromatic N) is 3. The summed E-state index contributed by atoms with van der Waals surface area (Å²) in [5.74, 6) is 0.776. The summed E-state index contributed by atoms with van der Waals surface area (Å²) in [6.07, 6.45) is 5.20. The average Bonchev–Trinajstić information content (AvgIpc) is 2.64. The molecule has 2 aromatic rings. The Bertz CT molecular complexity index is 481. The number of aryl methyl sites for hydroxylation is 1. The van der Waals surface area contributed by atoms with Crippen molar-refractivity contribution >= 4 is 15.9 Å². The van der Waals surface area contributed by atoms with Gasteiger partial charge in [-0.15, -0.1) is 0 Å². The molecule has 0 saturated carbocycles. The van der Waals surface area contributed by atoms with Gasteiger partial charge in [-0.2, -0.15) is 5.10 Å². The van der Waals surface area contributed by atoms with Crippen LogP contribution in [0.4, 0.5) is 0 Å². The second-order valence-corrected chi connectivity index (χ2v) is 4.16. The molecule has 0 fully saturated rings. The summed E-state index contributed by atoms with van der Waals surface area (Å²) in [5.41, 5.74) is 1.79. The van der Waals surface area contributed by atoms with E-state index in [1.165, 1.54) is 0 Å². The maximum atomic E-state index is 8.96. The fourth-order valence-electron chi connectivity index (χ4n) is 1.37. The molecule has 0 bridgehead atoms. The van der Waals surface area contributed by atoms with Gasteiger partial charge in [-0.25, -0.2) is 9.67 Å². The van der Waals surface area contributed by atoms with Crippen LogP contribution in [-0.2, 0) is 6.61 Å². The fourth-order valence-corrected chi connectivity index (χ4v) is 1.65. The van der Waals surface area contributed by atoms with E-state index in [9.17, 15) is 0 Å². The van der Waals surface area contributed by atoms with Crippen LogP contribution < -0.4 is 0 Å². The predicted molar refractivity (Wildman–Crippen MR) is 59.7 cm³/mol. The molecule has 0 amide bonds. The van der Waals surface area contributed by atoms with Crippen molar-refractivity contribution in [2.24, 2.45) is 0 Å². The van der Waals surface area contributed by atoms with Crippen molar-refractivity contribution in [3.63, 3.8) is 0 Å². The molecule has 0 aliphatic heterocycles. The molecule has 0 spiro atoms. The van der Waals surface area contributed by atoms with E-state index < -0.39 is 0 Å². The molecule has 0 aliphatic carbocycles. The molecule has 0 atom stereocenters. The van der Waals surface area contributed by atoms with Crippen molar-refractivity contribution in [1.82, 2.24) is 14.8 Å². The van der Waals surface area contributed by atoms with Crippen LogP contribution in [0.15, 0.2) is 29.1 Å². The summed E-state index contributed by atoms with van der Waals surface area (Å²) in [6.45, 7) is 1.95. The minimum atomic E-state index is 0.0108. The molecule has 0 aliphatic rings. The van der Waals surface area contributed by atoms with Crippen molar-refractivity contribution in [2.75, 3.05) is 0 Å². The van der Waals surface area contributed by atoms with E-state index in [2.05, 4.69) is 26.0 Å². The first-order chi connectivity index (χ1) is 7.20. The molecule has 2 heterocycles. The van der Waals surface area contributed by atoms with Gasteiger partial charge in [0.15, 0.2) is 5.82 Å². The van der Waals surface area contributed by atoms with E-state index in [1.54, 1.807) is 17.1 Å². The second-order valence-electron chi connectivity index (χ2n) is 3.25. The molecule has 78 valence electrons. The molecule has 15 heavy (non-hydrogen) atoms. The topological polar surface area (TPSA) is 50.9 Å². The summed E-state index contributed by atoms with van der Waals surface area (Å²) in [7, 11) is 0. The zero-order valence-electron chi connectivity index (χ0n) is 8.18. The number of hydrogen-bond acceptors (Lipinski definition) is 3. The van der Waals surface area contributed by atoms with Crippen molar-refractivity contribution in [3.8, 4) is 5.82 Å². The van der Waals surface area contributed by atoms with Gasteiger partial charge in [0.2, 0.25) is 0 Å². The number of hydrogen-bond donors (Lipinski definition) is 1. The smallest absolute Gasteiger partial charge is 0.156 e. The van der Waals surface area contributed by atoms with Gasteiger partial charge in [0.05, 0.1) is 17.3 Å². The molecule has 4 nitrogen and oxygen atoms in total. The van der Waals surface area contributed by atoms with Gasteiger partial charge in [-0.3, -0.25) is 0 Å². The molecular weight excluding hydrogens is 258 g/mol. The Balaban J connectivity index is 2.45. The highest BCUT2D eigenvalue weighted by molar-refractivity contribution is 9.10. The van der Waals surface area contributed by atoms with Gasteiger partial charge in [0.25, 0.3) is 0 Å². The zero-order chi connectivity index (χ0) is 10.8. The number of aliphatic hydroxyl groups is 1. The monoisotopic (exact) mass is 267 g/mol. The van der Waals surface area contributed by atoms with Gasteiger partial charge in [-0.1, -0.05) is 0 Å². The Kier molecular flexibility index (Phi) is 2.83. The molecule has 0 aromatic carbocycles. The van der Waals surface area contributed by atoms with Crippen LogP contribution >= 0.6 is 15.9 Å². The first-order valence-electron chi connectivity index (χ1n) is 4.47. The Labute approximate surface area is 95.7 Å². The van der Waals surface area contributed by atoms with Gasteiger partial charge < -0.3 is 5.11 Å². The highest BCUT2D eigenvalue weighted by Crippen LogP contribution is 2.15. The Morgan fingerprint density at radius 3 is 2.80 bits per heavy atom. The number of aromatic nitrogens is 3. The lowest BCUT2D eigenvalue weighted by molar-refractivity contribution is 0.281. The SMILES string of the molecule is Cc1cc(CO)cnc1-n1cc(Br)cn1. The molecule has 0 saturated heterocycles. The minimum Gasteiger partial charge on any atom is -0.392 e. The Morgan fingerprint density at radius 2 is 2.27 bits per heavy atom. The fraction of sp³-hybridized carbons (Fsp3) is 0.200. The second kappa shape index (κ2) is 4.12. The molecule has 5 heteroatoms. The standard InChI is InChI=1S/C10H10BrN3O/c1-7-2-8(6-15)3-12-10(7)14-5-9(11)4-13-14/h2-5,15H,6H2,1H3. The Morgan fingerprint density at radius 1 is 1.47 bits per heavy atom. The van der Waals surface area contributed by atoms with Gasteiger partial charge in [0, 0.05) is 12.4 Å². The third-order valence-electron chi connectivity index (χ3n) is 2.06. The third-order valence-corrected chi connectivity index (χ3v) is 2.47. The van der Waals surface area contributed by atoms with Crippen molar-refractivity contribution < 1.29 is 5.11 Å². The molecular formula is C10H10BrN3O. The number of rotatable bonds is 2. The molecule has 2 rings (SSSR count). The van der Waals surface area contributed by atoms with E-state index in [0.29, 0.717) is 0 Å². The van der Waals surface area contributed by atoms with E-state index in [1.807, 2.05) is 19.2 Å². The van der Waals surface area contributed by atoms with E-state index in [-0.39, 0.29) is 6.61 Å². The predicted octanol–water partition coefficient (Wildman–Crippen LogP) is 1.83. The zero-order valence-corrected chi connectivity index (χ0v) is 9.77. The van der Waals surface area contributed by atoms with Gasteiger partial charge >= 0.3 is 0 Å². The van der Waals surface area contributed by atoms with Crippen molar-refractivity contribution in [2.45, 2.75) is 13.5 Å². The number of pyridine rings is 1. The summed E-state index contributed by atoms with van der Waals surface area (Å²) < 4.78 is 2.61. The first kappa shape index (κ1) is 10.3. The average molecular weight is 268 g/mol. The molecule has 2 aromatic heterocycles. The van der Waals surface area contributed by atoms with Crippen molar-refractivity contribution in [3.05, 3.63) is 40.3 Å². The van der Waals surface area contributed by atoms with E-state index in [4.69, 9.17) is 5.11 Å². The highest BCUT2D eigenvalue weighted by atomic mass is 79.9. The largest absolute Gasteiger partial charge is 0.392 e. The van der Waals surface area contributed by atoms with Crippen LogP contribution in [0.5, 0.6) is 0 Å². The molecule has 0 unspecified atom stereocenters. The summed E-state index contributed by atoms with van der Waals surface area (Å²) >= 11 is 3.33. The van der Waals surface area contributed by atoms with Gasteiger partial charge in [0.1, 0.15) is 0 Å². The first-order valence-corrected chi connectivity index (χ1v) is 5.27. The molecule has 1 N–H and O–H groups in total. The van der Waals surface area contributed by atoms with Crippen LogP contribution in [0.25, 0.3) is 5.82 Å². The summed E-state index contributed by atoms with van der Waals surface area (Å²) in [4.78, 5) is 4.25. The highest BCUT2D eigenvalue weighted by Gasteiger charge is 2.05. The van der Waals surface area contributed by atoms with Crippen LogP contribution in [-0.4, -0.2) is 19.9 Å². The lowest BCUT2D eigenvalue weighted by Gasteiger charge is -2.05. The van der Waals surface area contributed by atoms with Gasteiger partial charge in [-0.05, 0) is 40.0 Å². The van der Waals surface area contributed by atoms with Crippen LogP contribution in [0.3, 0.4) is 0 Å².